The van der Waals surface area contributed by atoms with Crippen LogP contribution in [0.5, 0.6) is 5.75 Å². The highest BCUT2D eigenvalue weighted by molar-refractivity contribution is 7.80. The fraction of sp³-hybridized carbons (Fsp3) is 0.143. The molecule has 0 atom stereocenters. The first-order valence-electron chi connectivity index (χ1n) is 5.95. The molecule has 1 aromatic carbocycles. The van der Waals surface area contributed by atoms with Gasteiger partial charge in [0, 0.05) is 5.69 Å². The van der Waals surface area contributed by atoms with E-state index in [0.717, 1.165) is 11.3 Å². The van der Waals surface area contributed by atoms with Crippen molar-refractivity contribution in [2.24, 2.45) is 5.73 Å². The van der Waals surface area contributed by atoms with Gasteiger partial charge in [-0.15, -0.1) is 0 Å². The summed E-state index contributed by atoms with van der Waals surface area (Å²) in [7, 11) is 0. The van der Waals surface area contributed by atoms with E-state index in [1.807, 2.05) is 16.8 Å². The summed E-state index contributed by atoms with van der Waals surface area (Å²) >= 11 is 6.31. The first kappa shape index (κ1) is 14.5. The Morgan fingerprint density at radius 2 is 2.05 bits per heavy atom. The van der Waals surface area contributed by atoms with Crippen molar-refractivity contribution < 1.29 is 9.53 Å². The summed E-state index contributed by atoms with van der Waals surface area (Å²) in [5.74, 6) is 0.619. The average molecular weight is 306 g/mol. The predicted molar refractivity (Wildman–Crippen MR) is 85.4 cm³/mol. The molecule has 104 valence electrons. The number of nitrogens with two attached hydrogens (primary N) is 1. The molecule has 2 rings (SSSR count). The highest BCUT2D eigenvalue weighted by Gasteiger charge is 2.04. The van der Waals surface area contributed by atoms with Crippen LogP contribution in [0.1, 0.15) is 5.56 Å². The molecule has 20 heavy (non-hydrogen) atoms. The Bertz CT molecular complexity index is 580. The summed E-state index contributed by atoms with van der Waals surface area (Å²) in [5.41, 5.74) is 7.10. The molecule has 0 saturated carbocycles. The number of carbonyl (C=O) groups is 1. The van der Waals surface area contributed by atoms with Crippen molar-refractivity contribution in [1.82, 2.24) is 0 Å². The highest BCUT2D eigenvalue weighted by atomic mass is 32.1. The number of ether oxygens (including phenoxy) is 1. The van der Waals surface area contributed by atoms with Crippen molar-refractivity contribution in [3.05, 3.63) is 46.7 Å². The Labute approximate surface area is 126 Å². The number of rotatable bonds is 6. The Hall–Kier alpha value is -1.92. The summed E-state index contributed by atoms with van der Waals surface area (Å²) < 4.78 is 5.34. The van der Waals surface area contributed by atoms with Gasteiger partial charge in [-0.05, 0) is 46.7 Å². The Morgan fingerprint density at radius 3 is 2.65 bits per heavy atom. The maximum atomic E-state index is 11.8. The van der Waals surface area contributed by atoms with Crippen LogP contribution in [-0.4, -0.2) is 17.5 Å². The smallest absolute Gasteiger partial charge is 0.228 e. The standard InChI is InChI=1S/C14H14N2O2S2/c15-13(19)8-18-12-3-1-11(2-4-12)16-14(17)7-10-5-6-20-9-10/h1-6,9H,7-8H2,(H2,15,19)(H,16,17). The number of hydrogen-bond acceptors (Lipinski definition) is 4. The quantitative estimate of drug-likeness (QED) is 0.805. The van der Waals surface area contributed by atoms with Gasteiger partial charge in [0.2, 0.25) is 5.91 Å². The first-order valence-corrected chi connectivity index (χ1v) is 7.30. The van der Waals surface area contributed by atoms with Crippen molar-refractivity contribution in [3.8, 4) is 5.75 Å². The van der Waals surface area contributed by atoms with Gasteiger partial charge in [-0.2, -0.15) is 11.3 Å². The zero-order valence-electron chi connectivity index (χ0n) is 10.7. The zero-order valence-corrected chi connectivity index (χ0v) is 12.3. The molecule has 0 fully saturated rings. The molecule has 1 aromatic heterocycles. The Morgan fingerprint density at radius 1 is 1.30 bits per heavy atom. The highest BCUT2D eigenvalue weighted by Crippen LogP contribution is 2.16. The lowest BCUT2D eigenvalue weighted by molar-refractivity contribution is -0.115. The molecule has 3 N–H and O–H groups in total. The number of nitrogens with one attached hydrogen (secondary N) is 1. The second kappa shape index (κ2) is 7.02. The van der Waals surface area contributed by atoms with E-state index in [1.54, 1.807) is 35.6 Å². The number of carbonyl (C=O) groups excluding carboxylic acids is 1. The SMILES string of the molecule is NC(=S)COc1ccc(NC(=O)Cc2ccsc2)cc1. The molecule has 0 aliphatic rings. The van der Waals surface area contributed by atoms with Crippen LogP contribution in [0.4, 0.5) is 5.69 Å². The van der Waals surface area contributed by atoms with Gasteiger partial charge < -0.3 is 15.8 Å². The largest absolute Gasteiger partial charge is 0.487 e. The van der Waals surface area contributed by atoms with Gasteiger partial charge in [-0.25, -0.2) is 0 Å². The normalized spacial score (nSPS) is 10.0. The molecule has 6 heteroatoms. The van der Waals surface area contributed by atoms with Crippen molar-refractivity contribution in [2.45, 2.75) is 6.42 Å². The molecule has 0 aliphatic carbocycles. The number of hydrogen-bond donors (Lipinski definition) is 2. The summed E-state index contributed by atoms with van der Waals surface area (Å²) in [6.45, 7) is 0.208. The third-order valence-electron chi connectivity index (χ3n) is 2.46. The Kier molecular flexibility index (Phi) is 5.09. The van der Waals surface area contributed by atoms with Crippen LogP contribution < -0.4 is 15.8 Å². The van der Waals surface area contributed by atoms with E-state index < -0.39 is 0 Å². The van der Waals surface area contributed by atoms with Gasteiger partial charge in [-0.1, -0.05) is 12.2 Å². The number of benzene rings is 1. The summed E-state index contributed by atoms with van der Waals surface area (Å²) in [5, 5.41) is 6.75. The minimum Gasteiger partial charge on any atom is -0.487 e. The Balaban J connectivity index is 1.86. The van der Waals surface area contributed by atoms with Crippen LogP contribution in [0.25, 0.3) is 0 Å². The maximum absolute atomic E-state index is 11.8. The lowest BCUT2D eigenvalue weighted by atomic mass is 10.2. The first-order chi connectivity index (χ1) is 9.63. The van der Waals surface area contributed by atoms with Gasteiger partial charge in [0.15, 0.2) is 0 Å². The van der Waals surface area contributed by atoms with Crippen molar-refractivity contribution in [3.63, 3.8) is 0 Å². The molecule has 0 radical (unpaired) electrons. The minimum atomic E-state index is -0.0415. The van der Waals surface area contributed by atoms with Crippen molar-refractivity contribution in [1.29, 1.82) is 0 Å². The fourth-order valence-corrected chi connectivity index (χ4v) is 2.30. The van der Waals surface area contributed by atoms with E-state index in [4.69, 9.17) is 22.7 Å². The van der Waals surface area contributed by atoms with Gasteiger partial charge in [0.05, 0.1) is 6.42 Å². The van der Waals surface area contributed by atoms with E-state index in [1.165, 1.54) is 0 Å². The van der Waals surface area contributed by atoms with E-state index in [2.05, 4.69) is 5.32 Å². The lowest BCUT2D eigenvalue weighted by Crippen LogP contribution is -2.17. The number of amides is 1. The van der Waals surface area contributed by atoms with Crippen LogP contribution in [0.15, 0.2) is 41.1 Å². The van der Waals surface area contributed by atoms with E-state index in [9.17, 15) is 4.79 Å². The average Bonchev–Trinajstić information content (AvgIpc) is 2.90. The molecule has 0 aliphatic heterocycles. The van der Waals surface area contributed by atoms with E-state index in [0.29, 0.717) is 17.2 Å². The molecular weight excluding hydrogens is 292 g/mol. The second-order valence-corrected chi connectivity index (χ2v) is 5.44. The maximum Gasteiger partial charge on any atom is 0.228 e. The second-order valence-electron chi connectivity index (χ2n) is 4.14. The van der Waals surface area contributed by atoms with Crippen molar-refractivity contribution >= 4 is 40.1 Å². The monoisotopic (exact) mass is 306 g/mol. The molecule has 0 saturated heterocycles. The molecule has 0 spiro atoms. The van der Waals surface area contributed by atoms with Gasteiger partial charge in [0.1, 0.15) is 17.3 Å². The number of thiocarbonyl (C=S) groups is 1. The summed E-state index contributed by atoms with van der Waals surface area (Å²) in [6.07, 6.45) is 0.378. The lowest BCUT2D eigenvalue weighted by Gasteiger charge is -2.07. The van der Waals surface area contributed by atoms with Crippen LogP contribution in [-0.2, 0) is 11.2 Å². The number of thiophene rings is 1. The molecule has 0 unspecified atom stereocenters. The van der Waals surface area contributed by atoms with Crippen LogP contribution in [0.3, 0.4) is 0 Å². The van der Waals surface area contributed by atoms with Crippen LogP contribution in [0, 0.1) is 0 Å². The molecular formula is C14H14N2O2S2. The summed E-state index contributed by atoms with van der Waals surface area (Å²) in [4.78, 5) is 12.1. The van der Waals surface area contributed by atoms with Crippen LogP contribution >= 0.6 is 23.6 Å². The topological polar surface area (TPSA) is 64.3 Å². The minimum absolute atomic E-state index is 0.0415. The molecule has 2 aromatic rings. The fourth-order valence-electron chi connectivity index (χ4n) is 1.57. The van der Waals surface area contributed by atoms with Crippen LogP contribution in [0.2, 0.25) is 0 Å². The summed E-state index contributed by atoms with van der Waals surface area (Å²) in [6, 6.07) is 9.02. The van der Waals surface area contributed by atoms with Gasteiger partial charge >= 0.3 is 0 Å². The van der Waals surface area contributed by atoms with Crippen molar-refractivity contribution in [2.75, 3.05) is 11.9 Å². The van der Waals surface area contributed by atoms with E-state index >= 15 is 0 Å². The van der Waals surface area contributed by atoms with Gasteiger partial charge in [0.25, 0.3) is 0 Å². The zero-order chi connectivity index (χ0) is 14.4. The third kappa shape index (κ3) is 4.64. The molecule has 1 amide bonds. The van der Waals surface area contributed by atoms with E-state index in [-0.39, 0.29) is 12.5 Å². The third-order valence-corrected chi connectivity index (χ3v) is 3.31. The predicted octanol–water partition coefficient (Wildman–Crippen LogP) is 2.59. The van der Waals surface area contributed by atoms with Gasteiger partial charge in [-0.3, -0.25) is 4.79 Å². The number of anilines is 1. The molecule has 1 heterocycles. The molecule has 4 nitrogen and oxygen atoms in total. The molecule has 0 bridgehead atoms.